The fourth-order valence-electron chi connectivity index (χ4n) is 2.37. The van der Waals surface area contributed by atoms with Gasteiger partial charge in [-0.25, -0.2) is 9.97 Å². The van der Waals surface area contributed by atoms with Crippen LogP contribution in [0, 0.1) is 5.92 Å². The lowest BCUT2D eigenvalue weighted by Gasteiger charge is -2.18. The minimum Gasteiger partial charge on any atom is -0.370 e. The fraction of sp³-hybridized carbons (Fsp3) is 0.692. The topological polar surface area (TPSA) is 53.1 Å². The fourth-order valence-corrected chi connectivity index (χ4v) is 2.37. The third-order valence-corrected chi connectivity index (χ3v) is 3.31. The Morgan fingerprint density at radius 2 is 2.33 bits per heavy atom. The van der Waals surface area contributed by atoms with Gasteiger partial charge in [0.2, 0.25) is 0 Å². The van der Waals surface area contributed by atoms with E-state index in [1.807, 2.05) is 7.05 Å². The van der Waals surface area contributed by atoms with Crippen LogP contribution in [0.5, 0.6) is 0 Å². The quantitative estimate of drug-likeness (QED) is 0.797. The molecule has 0 aromatic carbocycles. The lowest BCUT2D eigenvalue weighted by Crippen LogP contribution is -2.25. The van der Waals surface area contributed by atoms with Gasteiger partial charge >= 0.3 is 0 Å². The number of nitrogens with one attached hydrogen (secondary N) is 2. The summed E-state index contributed by atoms with van der Waals surface area (Å²) in [6, 6.07) is 2.05. The summed E-state index contributed by atoms with van der Waals surface area (Å²) in [7, 11) is 2.01. The smallest absolute Gasteiger partial charge is 0.134 e. The van der Waals surface area contributed by atoms with Gasteiger partial charge < -0.3 is 15.5 Å². The molecule has 1 aromatic heterocycles. The van der Waals surface area contributed by atoms with Crippen LogP contribution in [-0.4, -0.2) is 43.2 Å². The van der Waals surface area contributed by atoms with E-state index in [4.69, 9.17) is 0 Å². The first-order chi connectivity index (χ1) is 8.83. The van der Waals surface area contributed by atoms with Gasteiger partial charge in [-0.05, 0) is 32.4 Å². The van der Waals surface area contributed by atoms with Crippen LogP contribution in [0.4, 0.5) is 11.6 Å². The number of nitrogens with zero attached hydrogens (tertiary/aromatic N) is 3. The predicted molar refractivity (Wildman–Crippen MR) is 75.1 cm³/mol. The van der Waals surface area contributed by atoms with Gasteiger partial charge in [-0.3, -0.25) is 0 Å². The molecule has 2 N–H and O–H groups in total. The Balaban J connectivity index is 1.96. The third kappa shape index (κ3) is 3.32. The Hall–Kier alpha value is -1.36. The van der Waals surface area contributed by atoms with Crippen molar-refractivity contribution in [2.75, 3.05) is 43.4 Å². The summed E-state index contributed by atoms with van der Waals surface area (Å²) in [4.78, 5) is 11.0. The SMILES string of the molecule is CCCNc1cc(N2CCC(CNC)C2)ncn1. The van der Waals surface area contributed by atoms with Crippen LogP contribution >= 0.6 is 0 Å². The average Bonchev–Trinajstić information content (AvgIpc) is 2.86. The average molecular weight is 249 g/mol. The van der Waals surface area contributed by atoms with Gasteiger partial charge in [0, 0.05) is 25.7 Å². The zero-order valence-electron chi connectivity index (χ0n) is 11.3. The second-order valence-electron chi connectivity index (χ2n) is 4.85. The van der Waals surface area contributed by atoms with E-state index >= 15 is 0 Å². The van der Waals surface area contributed by atoms with Crippen molar-refractivity contribution >= 4 is 11.6 Å². The molecule has 5 nitrogen and oxygen atoms in total. The van der Waals surface area contributed by atoms with Crippen molar-refractivity contribution in [2.45, 2.75) is 19.8 Å². The second-order valence-corrected chi connectivity index (χ2v) is 4.85. The zero-order chi connectivity index (χ0) is 12.8. The van der Waals surface area contributed by atoms with Gasteiger partial charge in [-0.1, -0.05) is 6.92 Å². The number of anilines is 2. The van der Waals surface area contributed by atoms with Crippen molar-refractivity contribution in [1.82, 2.24) is 15.3 Å². The zero-order valence-corrected chi connectivity index (χ0v) is 11.3. The third-order valence-electron chi connectivity index (χ3n) is 3.31. The molecule has 1 saturated heterocycles. The standard InChI is InChI=1S/C13H23N5/c1-3-5-15-12-7-13(17-10-16-12)18-6-4-11(9-18)8-14-2/h7,10-11,14H,3-6,8-9H2,1-2H3,(H,15,16,17). The summed E-state index contributed by atoms with van der Waals surface area (Å²) in [5.74, 6) is 2.71. The minimum absolute atomic E-state index is 0.733. The van der Waals surface area contributed by atoms with Crippen molar-refractivity contribution in [3.63, 3.8) is 0 Å². The summed E-state index contributed by atoms with van der Waals surface area (Å²) in [5, 5.41) is 6.55. The van der Waals surface area contributed by atoms with Crippen LogP contribution in [-0.2, 0) is 0 Å². The molecular formula is C13H23N5. The Morgan fingerprint density at radius 1 is 1.44 bits per heavy atom. The molecule has 0 amide bonds. The van der Waals surface area contributed by atoms with E-state index in [9.17, 15) is 0 Å². The first-order valence-corrected chi connectivity index (χ1v) is 6.79. The molecule has 18 heavy (non-hydrogen) atoms. The minimum atomic E-state index is 0.733. The van der Waals surface area contributed by atoms with Crippen molar-refractivity contribution < 1.29 is 0 Å². The van der Waals surface area contributed by atoms with Gasteiger partial charge in [0.15, 0.2) is 0 Å². The lowest BCUT2D eigenvalue weighted by molar-refractivity contribution is 0.549. The molecule has 1 atom stereocenters. The molecule has 1 aliphatic heterocycles. The maximum absolute atomic E-state index is 4.38. The highest BCUT2D eigenvalue weighted by Gasteiger charge is 2.22. The highest BCUT2D eigenvalue weighted by atomic mass is 15.2. The van der Waals surface area contributed by atoms with E-state index in [1.165, 1.54) is 6.42 Å². The molecule has 0 spiro atoms. The number of aromatic nitrogens is 2. The molecule has 2 heterocycles. The van der Waals surface area contributed by atoms with E-state index in [-0.39, 0.29) is 0 Å². The molecule has 1 fully saturated rings. The summed E-state index contributed by atoms with van der Waals surface area (Å²) < 4.78 is 0. The maximum Gasteiger partial charge on any atom is 0.134 e. The first-order valence-electron chi connectivity index (χ1n) is 6.79. The first kappa shape index (κ1) is 13.1. The van der Waals surface area contributed by atoms with Gasteiger partial charge in [0.1, 0.15) is 18.0 Å². The molecule has 0 aliphatic carbocycles. The van der Waals surface area contributed by atoms with E-state index in [0.717, 1.165) is 50.2 Å². The molecule has 5 heteroatoms. The van der Waals surface area contributed by atoms with E-state index < -0.39 is 0 Å². The molecule has 1 aliphatic rings. The van der Waals surface area contributed by atoms with Crippen molar-refractivity contribution in [3.8, 4) is 0 Å². The number of hydrogen-bond acceptors (Lipinski definition) is 5. The highest BCUT2D eigenvalue weighted by Crippen LogP contribution is 2.22. The second kappa shape index (κ2) is 6.54. The normalized spacial score (nSPS) is 19.2. The molecule has 0 radical (unpaired) electrons. The molecule has 1 unspecified atom stereocenters. The van der Waals surface area contributed by atoms with Crippen molar-refractivity contribution in [3.05, 3.63) is 12.4 Å². The van der Waals surface area contributed by atoms with Gasteiger partial charge in [0.25, 0.3) is 0 Å². The van der Waals surface area contributed by atoms with Crippen molar-refractivity contribution in [1.29, 1.82) is 0 Å². The van der Waals surface area contributed by atoms with Crippen LogP contribution in [0.15, 0.2) is 12.4 Å². The summed E-state index contributed by atoms with van der Waals surface area (Å²) in [6.45, 7) is 6.38. The van der Waals surface area contributed by atoms with Crippen LogP contribution in [0.3, 0.4) is 0 Å². The van der Waals surface area contributed by atoms with Crippen molar-refractivity contribution in [2.24, 2.45) is 5.92 Å². The van der Waals surface area contributed by atoms with Gasteiger partial charge in [0.05, 0.1) is 0 Å². The Morgan fingerprint density at radius 3 is 3.11 bits per heavy atom. The number of hydrogen-bond donors (Lipinski definition) is 2. The van der Waals surface area contributed by atoms with Gasteiger partial charge in [-0.2, -0.15) is 0 Å². The summed E-state index contributed by atoms with van der Waals surface area (Å²) in [6.07, 6.45) is 3.99. The molecular weight excluding hydrogens is 226 g/mol. The summed E-state index contributed by atoms with van der Waals surface area (Å²) >= 11 is 0. The maximum atomic E-state index is 4.38. The number of rotatable bonds is 6. The summed E-state index contributed by atoms with van der Waals surface area (Å²) in [5.41, 5.74) is 0. The largest absolute Gasteiger partial charge is 0.370 e. The van der Waals surface area contributed by atoms with E-state index in [2.05, 4.69) is 38.5 Å². The molecule has 0 saturated carbocycles. The monoisotopic (exact) mass is 249 g/mol. The van der Waals surface area contributed by atoms with Crippen LogP contribution < -0.4 is 15.5 Å². The predicted octanol–water partition coefficient (Wildman–Crippen LogP) is 1.34. The molecule has 2 rings (SSSR count). The Bertz CT molecular complexity index is 368. The van der Waals surface area contributed by atoms with Crippen LogP contribution in [0.25, 0.3) is 0 Å². The molecule has 1 aromatic rings. The Kier molecular flexibility index (Phi) is 4.75. The molecule has 0 bridgehead atoms. The Labute approximate surface area is 109 Å². The van der Waals surface area contributed by atoms with Gasteiger partial charge in [-0.15, -0.1) is 0 Å². The van der Waals surface area contributed by atoms with Crippen LogP contribution in [0.1, 0.15) is 19.8 Å². The highest BCUT2D eigenvalue weighted by molar-refractivity contribution is 5.49. The van der Waals surface area contributed by atoms with E-state index in [1.54, 1.807) is 6.33 Å². The van der Waals surface area contributed by atoms with Crippen LogP contribution in [0.2, 0.25) is 0 Å². The lowest BCUT2D eigenvalue weighted by atomic mass is 10.1. The van der Waals surface area contributed by atoms with E-state index in [0.29, 0.717) is 0 Å². The molecule has 100 valence electrons.